The molecule has 1 aromatic carbocycles. The lowest BCUT2D eigenvalue weighted by molar-refractivity contribution is -0.384. The Bertz CT molecular complexity index is 774. The van der Waals surface area contributed by atoms with Gasteiger partial charge in [-0.05, 0) is 29.7 Å². The number of hydrogen-bond donors (Lipinski definition) is 2. The van der Waals surface area contributed by atoms with Crippen molar-refractivity contribution in [2.45, 2.75) is 0 Å². The van der Waals surface area contributed by atoms with Crippen molar-refractivity contribution in [2.75, 3.05) is 0 Å². The number of nitro groups is 1. The van der Waals surface area contributed by atoms with E-state index in [0.29, 0.717) is 0 Å². The molecule has 0 unspecified atom stereocenters. The highest BCUT2D eigenvalue weighted by Crippen LogP contribution is 2.24. The van der Waals surface area contributed by atoms with Gasteiger partial charge < -0.3 is 0 Å². The monoisotopic (exact) mass is 351 g/mol. The maximum Gasteiger partial charge on any atom is 0.288 e. The Labute approximate surface area is 139 Å². The Kier molecular flexibility index (Phi) is 5.45. The first-order valence-electron chi connectivity index (χ1n) is 6.23. The normalized spacial score (nSPS) is 10.5. The molecule has 7 nitrogen and oxygen atoms in total. The molecule has 2 N–H and O–H groups in total. The molecule has 9 heteroatoms. The maximum absolute atomic E-state index is 11.9. The van der Waals surface area contributed by atoms with Gasteiger partial charge in [0.1, 0.15) is 5.02 Å². The average Bonchev–Trinajstić information content (AvgIpc) is 3.04. The number of nitrogens with one attached hydrogen (secondary N) is 2. The van der Waals surface area contributed by atoms with Crippen molar-refractivity contribution in [3.05, 3.63) is 67.4 Å². The van der Waals surface area contributed by atoms with Gasteiger partial charge in [0, 0.05) is 22.6 Å². The number of thiophene rings is 1. The molecule has 1 aromatic heterocycles. The van der Waals surface area contributed by atoms with Crippen molar-refractivity contribution in [3.8, 4) is 0 Å². The number of carbonyl (C=O) groups excluding carboxylic acids is 2. The molecule has 0 aliphatic carbocycles. The summed E-state index contributed by atoms with van der Waals surface area (Å²) in [5, 5.41) is 12.6. The van der Waals surface area contributed by atoms with Crippen molar-refractivity contribution < 1.29 is 14.5 Å². The van der Waals surface area contributed by atoms with E-state index in [-0.39, 0.29) is 16.3 Å². The topological polar surface area (TPSA) is 101 Å². The highest BCUT2D eigenvalue weighted by molar-refractivity contribution is 7.10. The number of hydrogen-bond acceptors (Lipinski definition) is 5. The van der Waals surface area contributed by atoms with Crippen LogP contribution in [0.1, 0.15) is 15.2 Å². The van der Waals surface area contributed by atoms with Crippen LogP contribution in [0.5, 0.6) is 0 Å². The van der Waals surface area contributed by atoms with Gasteiger partial charge in [0.2, 0.25) is 0 Å². The summed E-state index contributed by atoms with van der Waals surface area (Å²) in [6.45, 7) is 0. The van der Waals surface area contributed by atoms with Gasteiger partial charge in [-0.15, -0.1) is 11.3 Å². The molecular weight excluding hydrogens is 342 g/mol. The molecule has 0 spiro atoms. The van der Waals surface area contributed by atoms with Crippen molar-refractivity contribution in [1.29, 1.82) is 0 Å². The summed E-state index contributed by atoms with van der Waals surface area (Å²) >= 11 is 7.12. The second kappa shape index (κ2) is 7.52. The van der Waals surface area contributed by atoms with E-state index in [1.54, 1.807) is 6.08 Å². The molecule has 0 fully saturated rings. The number of carbonyl (C=O) groups is 2. The summed E-state index contributed by atoms with van der Waals surface area (Å²) in [6, 6.07) is 7.27. The van der Waals surface area contributed by atoms with E-state index in [4.69, 9.17) is 11.6 Å². The summed E-state index contributed by atoms with van der Waals surface area (Å²) in [5.41, 5.74) is 3.96. The van der Waals surface area contributed by atoms with Gasteiger partial charge in [-0.3, -0.25) is 30.6 Å². The number of nitro benzene ring substituents is 1. The van der Waals surface area contributed by atoms with Crippen LogP contribution in [-0.4, -0.2) is 16.7 Å². The molecule has 0 aliphatic heterocycles. The highest BCUT2D eigenvalue weighted by atomic mass is 35.5. The van der Waals surface area contributed by atoms with Crippen LogP contribution in [0.4, 0.5) is 5.69 Å². The Morgan fingerprint density at radius 3 is 2.70 bits per heavy atom. The predicted octanol–water partition coefficient (Wildman–Crippen LogP) is 2.78. The fraction of sp³-hybridized carbons (Fsp3) is 0. The molecule has 118 valence electrons. The summed E-state index contributed by atoms with van der Waals surface area (Å²) in [7, 11) is 0. The van der Waals surface area contributed by atoms with Gasteiger partial charge in [-0.25, -0.2) is 0 Å². The van der Waals surface area contributed by atoms with Gasteiger partial charge in [-0.2, -0.15) is 0 Å². The largest absolute Gasteiger partial charge is 0.288 e. The lowest BCUT2D eigenvalue weighted by Gasteiger charge is -2.05. The third-order valence-electron chi connectivity index (χ3n) is 2.65. The number of rotatable bonds is 4. The standard InChI is InChI=1S/C14H10ClN3O4S/c15-11-5-3-9(8-12(11)18(21)22)14(20)17-16-13(19)6-4-10-2-1-7-23-10/h1-8H,(H,16,19)(H,17,20)/b6-4+. The lowest BCUT2D eigenvalue weighted by Crippen LogP contribution is -2.40. The maximum atomic E-state index is 11.9. The molecule has 0 bridgehead atoms. The summed E-state index contributed by atoms with van der Waals surface area (Å²) < 4.78 is 0. The number of halogens is 1. The molecule has 2 amide bonds. The zero-order chi connectivity index (χ0) is 16.8. The second-order valence-electron chi connectivity index (χ2n) is 4.22. The minimum Gasteiger partial charge on any atom is -0.268 e. The van der Waals surface area contributed by atoms with E-state index >= 15 is 0 Å². The van der Waals surface area contributed by atoms with Gasteiger partial charge >= 0.3 is 0 Å². The lowest BCUT2D eigenvalue weighted by atomic mass is 10.2. The molecular formula is C14H10ClN3O4S. The molecule has 0 atom stereocenters. The Balaban J connectivity index is 1.95. The molecule has 0 saturated carbocycles. The summed E-state index contributed by atoms with van der Waals surface area (Å²) in [4.78, 5) is 34.4. The van der Waals surface area contributed by atoms with Crippen LogP contribution in [0, 0.1) is 10.1 Å². The first kappa shape index (κ1) is 16.7. The molecule has 0 radical (unpaired) electrons. The quantitative estimate of drug-likeness (QED) is 0.502. The van der Waals surface area contributed by atoms with Crippen LogP contribution < -0.4 is 10.9 Å². The Morgan fingerprint density at radius 1 is 1.26 bits per heavy atom. The third kappa shape index (κ3) is 4.63. The third-order valence-corrected chi connectivity index (χ3v) is 3.80. The zero-order valence-corrected chi connectivity index (χ0v) is 13.1. The molecule has 23 heavy (non-hydrogen) atoms. The highest BCUT2D eigenvalue weighted by Gasteiger charge is 2.16. The van der Waals surface area contributed by atoms with Gasteiger partial charge in [0.25, 0.3) is 17.5 Å². The van der Waals surface area contributed by atoms with E-state index in [1.807, 2.05) is 17.5 Å². The molecule has 0 aliphatic rings. The number of nitrogens with zero attached hydrogens (tertiary/aromatic N) is 1. The van der Waals surface area contributed by atoms with E-state index < -0.39 is 16.7 Å². The van der Waals surface area contributed by atoms with Crippen LogP contribution >= 0.6 is 22.9 Å². The van der Waals surface area contributed by atoms with Crippen LogP contribution in [0.2, 0.25) is 5.02 Å². The first-order chi connectivity index (χ1) is 11.0. The molecule has 2 aromatic rings. The summed E-state index contributed by atoms with van der Waals surface area (Å²) in [6.07, 6.45) is 2.86. The molecule has 2 rings (SSSR count). The van der Waals surface area contributed by atoms with Crippen LogP contribution in [-0.2, 0) is 4.79 Å². The van der Waals surface area contributed by atoms with Gasteiger partial charge in [0.05, 0.1) is 4.92 Å². The number of benzene rings is 1. The fourth-order valence-corrected chi connectivity index (χ4v) is 2.37. The van der Waals surface area contributed by atoms with Gasteiger partial charge in [-0.1, -0.05) is 17.7 Å². The van der Waals surface area contributed by atoms with Crippen LogP contribution in [0.25, 0.3) is 6.08 Å². The predicted molar refractivity (Wildman–Crippen MR) is 87.1 cm³/mol. The zero-order valence-electron chi connectivity index (χ0n) is 11.5. The first-order valence-corrected chi connectivity index (χ1v) is 7.49. The van der Waals surface area contributed by atoms with Crippen LogP contribution in [0.3, 0.4) is 0 Å². The Hall–Kier alpha value is -2.71. The minimum absolute atomic E-state index is 0.00337. The molecule has 1 heterocycles. The average molecular weight is 352 g/mol. The van der Waals surface area contributed by atoms with E-state index in [1.165, 1.54) is 29.5 Å². The smallest absolute Gasteiger partial charge is 0.268 e. The van der Waals surface area contributed by atoms with Crippen molar-refractivity contribution in [3.63, 3.8) is 0 Å². The second-order valence-corrected chi connectivity index (χ2v) is 5.60. The summed E-state index contributed by atoms with van der Waals surface area (Å²) in [5.74, 6) is -1.22. The Morgan fingerprint density at radius 2 is 2.04 bits per heavy atom. The van der Waals surface area contributed by atoms with Crippen LogP contribution in [0.15, 0.2) is 41.8 Å². The van der Waals surface area contributed by atoms with Crippen molar-refractivity contribution in [2.24, 2.45) is 0 Å². The van der Waals surface area contributed by atoms with E-state index in [2.05, 4.69) is 10.9 Å². The van der Waals surface area contributed by atoms with Crippen molar-refractivity contribution >= 4 is 46.5 Å². The SMILES string of the molecule is O=C(/C=C/c1cccs1)NNC(=O)c1ccc(Cl)c([N+](=O)[O-])c1. The number of hydrazine groups is 1. The minimum atomic E-state index is -0.693. The van der Waals surface area contributed by atoms with E-state index in [0.717, 1.165) is 10.9 Å². The van der Waals surface area contributed by atoms with Gasteiger partial charge in [0.15, 0.2) is 0 Å². The van der Waals surface area contributed by atoms with Crippen molar-refractivity contribution in [1.82, 2.24) is 10.9 Å². The van der Waals surface area contributed by atoms with E-state index in [9.17, 15) is 19.7 Å². The number of amides is 2. The fourth-order valence-electron chi connectivity index (χ4n) is 1.57. The molecule has 0 saturated heterocycles.